The van der Waals surface area contributed by atoms with Crippen molar-refractivity contribution in [2.75, 3.05) is 12.4 Å². The molecule has 0 aromatic carbocycles. The first-order chi connectivity index (χ1) is 10.2. The summed E-state index contributed by atoms with van der Waals surface area (Å²) in [5.74, 6) is -0.623. The van der Waals surface area contributed by atoms with Gasteiger partial charge in [-0.15, -0.1) is 0 Å². The van der Waals surface area contributed by atoms with Gasteiger partial charge in [0.2, 0.25) is 10.0 Å². The van der Waals surface area contributed by atoms with E-state index in [1.165, 1.54) is 13.1 Å². The second-order valence-electron chi connectivity index (χ2n) is 5.56. The number of rotatable bonds is 2. The van der Waals surface area contributed by atoms with E-state index in [0.29, 0.717) is 0 Å². The van der Waals surface area contributed by atoms with Crippen LogP contribution in [0, 0.1) is 6.92 Å². The van der Waals surface area contributed by atoms with E-state index in [1.54, 1.807) is 0 Å². The topological polar surface area (TPSA) is 151 Å². The lowest BCUT2D eigenvalue weighted by Gasteiger charge is -2.33. The van der Waals surface area contributed by atoms with Gasteiger partial charge in [0.15, 0.2) is 6.23 Å². The molecule has 0 saturated carbocycles. The number of fused-ring (bicyclic) bond motifs is 2. The van der Waals surface area contributed by atoms with Crippen molar-refractivity contribution in [3.63, 3.8) is 0 Å². The smallest absolute Gasteiger partial charge is 0.330 e. The second kappa shape index (κ2) is 4.73. The summed E-state index contributed by atoms with van der Waals surface area (Å²) in [7, 11) is -3.78. The molecular formula is C11H15N3O7S. The standard InChI is InChI=1S/C11H15N3O7S/c1-5-2-14(10(18)12-8(5)17)9-6-7(16)11(3-15,21-9)4-22(19,20)13-6/h2,6-7,9,13,15-16H,3-4H2,1H3,(H,12,17,18)/t6-,7+,9-,11+/m1/s1. The number of hydrogen-bond donors (Lipinski definition) is 4. The first-order valence-corrected chi connectivity index (χ1v) is 8.13. The van der Waals surface area contributed by atoms with Crippen molar-refractivity contribution in [3.05, 3.63) is 32.6 Å². The molecule has 2 saturated heterocycles. The highest BCUT2D eigenvalue weighted by atomic mass is 32.2. The molecule has 1 aromatic rings. The second-order valence-corrected chi connectivity index (χ2v) is 7.31. The van der Waals surface area contributed by atoms with Gasteiger partial charge in [-0.05, 0) is 6.92 Å². The predicted octanol–water partition coefficient (Wildman–Crippen LogP) is -3.23. The zero-order valence-corrected chi connectivity index (χ0v) is 12.3. The summed E-state index contributed by atoms with van der Waals surface area (Å²) < 4.78 is 32.5. The van der Waals surface area contributed by atoms with Gasteiger partial charge in [-0.25, -0.2) is 17.9 Å². The Morgan fingerprint density at radius 3 is 2.82 bits per heavy atom. The largest absolute Gasteiger partial charge is 0.393 e. The third-order valence-corrected chi connectivity index (χ3v) is 5.48. The zero-order chi connectivity index (χ0) is 16.3. The normalized spacial score (nSPS) is 36.4. The average molecular weight is 333 g/mol. The molecule has 0 amide bonds. The predicted molar refractivity (Wildman–Crippen MR) is 72.7 cm³/mol. The highest BCUT2D eigenvalue weighted by Crippen LogP contribution is 2.40. The molecule has 0 unspecified atom stereocenters. The third-order valence-electron chi connectivity index (χ3n) is 3.98. The number of aromatic amines is 1. The summed E-state index contributed by atoms with van der Waals surface area (Å²) in [6, 6.07) is -1.14. The van der Waals surface area contributed by atoms with E-state index in [9.17, 15) is 28.2 Å². The fourth-order valence-electron chi connectivity index (χ4n) is 2.86. The molecule has 4 atom stereocenters. The summed E-state index contributed by atoms with van der Waals surface area (Å²) in [5.41, 5.74) is -2.85. The summed E-state index contributed by atoms with van der Waals surface area (Å²) in [6.45, 7) is 0.747. The molecular weight excluding hydrogens is 318 g/mol. The van der Waals surface area contributed by atoms with Crippen molar-refractivity contribution in [1.29, 1.82) is 0 Å². The van der Waals surface area contributed by atoms with Crippen LogP contribution in [-0.4, -0.2) is 58.3 Å². The van der Waals surface area contributed by atoms with Crippen LogP contribution in [0.5, 0.6) is 0 Å². The van der Waals surface area contributed by atoms with Crippen molar-refractivity contribution in [2.24, 2.45) is 0 Å². The van der Waals surface area contributed by atoms with Crippen LogP contribution in [0.3, 0.4) is 0 Å². The van der Waals surface area contributed by atoms with E-state index >= 15 is 0 Å². The first-order valence-electron chi connectivity index (χ1n) is 6.48. The quantitative estimate of drug-likeness (QED) is 0.444. The average Bonchev–Trinajstić information content (AvgIpc) is 2.61. The number of aliphatic hydroxyl groups is 2. The number of aliphatic hydroxyl groups excluding tert-OH is 2. The monoisotopic (exact) mass is 333 g/mol. The van der Waals surface area contributed by atoms with Gasteiger partial charge in [0, 0.05) is 11.8 Å². The van der Waals surface area contributed by atoms with Crippen LogP contribution in [0.1, 0.15) is 11.8 Å². The first kappa shape index (κ1) is 15.4. The van der Waals surface area contributed by atoms with E-state index in [0.717, 1.165) is 4.57 Å². The Balaban J connectivity index is 2.13. The van der Waals surface area contributed by atoms with E-state index in [2.05, 4.69) is 9.71 Å². The van der Waals surface area contributed by atoms with Gasteiger partial charge in [-0.1, -0.05) is 0 Å². The minimum atomic E-state index is -3.78. The van der Waals surface area contributed by atoms with Gasteiger partial charge in [0.1, 0.15) is 11.7 Å². The fourth-order valence-corrected chi connectivity index (χ4v) is 4.58. The molecule has 2 aliphatic rings. The van der Waals surface area contributed by atoms with E-state index in [4.69, 9.17) is 4.74 Å². The number of H-pyrrole nitrogens is 1. The van der Waals surface area contributed by atoms with Gasteiger partial charge in [-0.2, -0.15) is 0 Å². The minimum Gasteiger partial charge on any atom is -0.393 e. The molecule has 2 bridgehead atoms. The van der Waals surface area contributed by atoms with Gasteiger partial charge in [0.25, 0.3) is 5.56 Å². The molecule has 122 valence electrons. The van der Waals surface area contributed by atoms with E-state index < -0.39 is 57.6 Å². The number of sulfonamides is 1. The van der Waals surface area contributed by atoms with Crippen LogP contribution in [-0.2, 0) is 14.8 Å². The van der Waals surface area contributed by atoms with Crippen LogP contribution >= 0.6 is 0 Å². The van der Waals surface area contributed by atoms with Crippen molar-refractivity contribution in [1.82, 2.24) is 14.3 Å². The molecule has 0 spiro atoms. The zero-order valence-electron chi connectivity index (χ0n) is 11.5. The number of aryl methyl sites for hydroxylation is 1. The Morgan fingerprint density at radius 1 is 1.50 bits per heavy atom. The molecule has 3 heterocycles. The molecule has 2 aliphatic heterocycles. The molecule has 0 aliphatic carbocycles. The summed E-state index contributed by atoms with van der Waals surface area (Å²) in [6.07, 6.45) is -1.29. The van der Waals surface area contributed by atoms with Gasteiger partial charge < -0.3 is 14.9 Å². The Kier molecular flexibility index (Phi) is 3.30. The van der Waals surface area contributed by atoms with Crippen LogP contribution in [0.15, 0.2) is 15.8 Å². The number of aromatic nitrogens is 2. The Morgan fingerprint density at radius 2 is 2.18 bits per heavy atom. The highest BCUT2D eigenvalue weighted by Gasteiger charge is 2.61. The Hall–Kier alpha value is -1.53. The van der Waals surface area contributed by atoms with Crippen molar-refractivity contribution < 1.29 is 23.4 Å². The van der Waals surface area contributed by atoms with Crippen LogP contribution in [0.25, 0.3) is 0 Å². The van der Waals surface area contributed by atoms with Crippen molar-refractivity contribution >= 4 is 10.0 Å². The van der Waals surface area contributed by atoms with Crippen LogP contribution in [0.2, 0.25) is 0 Å². The lowest BCUT2D eigenvalue weighted by molar-refractivity contribution is -0.114. The van der Waals surface area contributed by atoms with Crippen molar-refractivity contribution in [3.8, 4) is 0 Å². The number of hydrogen-bond acceptors (Lipinski definition) is 7. The summed E-state index contributed by atoms with van der Waals surface area (Å²) in [5, 5.41) is 19.7. The van der Waals surface area contributed by atoms with E-state index in [-0.39, 0.29) is 5.56 Å². The van der Waals surface area contributed by atoms with Crippen LogP contribution in [0.4, 0.5) is 0 Å². The van der Waals surface area contributed by atoms with Gasteiger partial charge >= 0.3 is 5.69 Å². The fraction of sp³-hybridized carbons (Fsp3) is 0.636. The third kappa shape index (κ3) is 2.13. The van der Waals surface area contributed by atoms with Crippen molar-refractivity contribution in [2.45, 2.75) is 30.9 Å². The number of nitrogens with zero attached hydrogens (tertiary/aromatic N) is 1. The molecule has 4 N–H and O–H groups in total. The molecule has 10 nitrogen and oxygen atoms in total. The van der Waals surface area contributed by atoms with Gasteiger partial charge in [0.05, 0.1) is 18.4 Å². The van der Waals surface area contributed by atoms with E-state index in [1.807, 2.05) is 0 Å². The Bertz CT molecular complexity index is 829. The SMILES string of the molecule is Cc1cn([C@@H]2O[C@@]3(CO)CS(=O)(=O)N[C@@H]2[C@@H]3O)c(=O)[nH]c1=O. The highest BCUT2D eigenvalue weighted by molar-refractivity contribution is 7.89. The maximum Gasteiger partial charge on any atom is 0.330 e. The van der Waals surface area contributed by atoms with Gasteiger partial charge in [-0.3, -0.25) is 14.3 Å². The lowest BCUT2D eigenvalue weighted by Crippen LogP contribution is -2.61. The molecule has 22 heavy (non-hydrogen) atoms. The summed E-state index contributed by atoms with van der Waals surface area (Å²) in [4.78, 5) is 25.4. The lowest BCUT2D eigenvalue weighted by atomic mass is 9.97. The maximum atomic E-state index is 11.9. The molecule has 3 rings (SSSR count). The molecule has 11 heteroatoms. The summed E-state index contributed by atoms with van der Waals surface area (Å²) >= 11 is 0. The Labute approximate surface area is 124 Å². The molecule has 2 fully saturated rings. The van der Waals surface area contributed by atoms with Crippen LogP contribution < -0.4 is 16.0 Å². The number of ether oxygens (including phenoxy) is 1. The maximum absolute atomic E-state index is 11.9. The molecule has 1 aromatic heterocycles. The molecule has 0 radical (unpaired) electrons. The minimum absolute atomic E-state index is 0.222. The number of nitrogens with one attached hydrogen (secondary N) is 2.